The third-order valence-corrected chi connectivity index (χ3v) is 4.63. The van der Waals surface area contributed by atoms with Crippen LogP contribution in [0, 0.1) is 0 Å². The molecule has 1 aromatic rings. The molecule has 0 aliphatic rings. The largest absolute Gasteiger partial charge is 0.477 e. The molecule has 0 bridgehead atoms. The molecule has 1 rings (SSSR count). The molecule has 8 nitrogen and oxygen atoms in total. The molecule has 0 radical (unpaired) electrons. The fourth-order valence-corrected chi connectivity index (χ4v) is 3.25. The summed E-state index contributed by atoms with van der Waals surface area (Å²) < 4.78 is 26.8. The Labute approximate surface area is 116 Å². The fourth-order valence-electron chi connectivity index (χ4n) is 1.79. The van der Waals surface area contributed by atoms with Gasteiger partial charge in [-0.15, -0.1) is 0 Å². The monoisotopic (exact) mass is 306 g/mol. The molecule has 0 atom stereocenters. The van der Waals surface area contributed by atoms with Crippen LogP contribution in [0.4, 0.5) is 0 Å². The van der Waals surface area contributed by atoms with Crippen molar-refractivity contribution in [3.05, 3.63) is 18.0 Å². The maximum absolute atomic E-state index is 12.3. The van der Waals surface area contributed by atoms with E-state index in [1.165, 1.54) is 10.8 Å². The molecular weight excluding hydrogens is 288 g/mol. The molecule has 114 valence electrons. The molecule has 0 unspecified atom stereocenters. The Balaban J connectivity index is 3.23. The van der Waals surface area contributed by atoms with Gasteiger partial charge in [0.15, 0.2) is 0 Å². The molecule has 0 aliphatic heterocycles. The fraction of sp³-hybridized carbons (Fsp3) is 0.545. The quantitative estimate of drug-likeness (QED) is 0.577. The van der Waals surface area contributed by atoms with Gasteiger partial charge in [0.2, 0.25) is 10.0 Å². The molecule has 0 fully saturated rings. The summed E-state index contributed by atoms with van der Waals surface area (Å²) in [7, 11) is -3.94. The molecule has 0 spiro atoms. The maximum atomic E-state index is 12.3. The molecule has 3 N–H and O–H groups in total. The van der Waals surface area contributed by atoms with Crippen molar-refractivity contribution >= 4 is 16.0 Å². The van der Waals surface area contributed by atoms with Gasteiger partial charge in [-0.25, -0.2) is 13.2 Å². The Morgan fingerprint density at radius 3 is 2.20 bits per heavy atom. The van der Waals surface area contributed by atoms with Crippen LogP contribution in [0.15, 0.2) is 17.2 Å². The normalized spacial score (nSPS) is 12.0. The molecule has 0 aromatic carbocycles. The van der Waals surface area contributed by atoms with Crippen LogP contribution in [0.2, 0.25) is 0 Å². The zero-order chi connectivity index (χ0) is 15.3. The van der Waals surface area contributed by atoms with Gasteiger partial charge in [0.05, 0.1) is 13.2 Å². The molecular formula is C11H18N2O6S. The first-order chi connectivity index (χ1) is 9.38. The zero-order valence-corrected chi connectivity index (χ0v) is 11.9. The summed E-state index contributed by atoms with van der Waals surface area (Å²) in [4.78, 5) is 10.9. The number of aromatic carboxylic acids is 1. The number of rotatable bonds is 8. The average molecular weight is 306 g/mol. The van der Waals surface area contributed by atoms with Crippen LogP contribution in [-0.2, 0) is 16.6 Å². The van der Waals surface area contributed by atoms with Crippen molar-refractivity contribution < 1.29 is 28.5 Å². The van der Waals surface area contributed by atoms with Gasteiger partial charge in [0.1, 0.15) is 10.6 Å². The molecule has 20 heavy (non-hydrogen) atoms. The first-order valence-corrected chi connectivity index (χ1v) is 7.47. The third-order valence-electron chi connectivity index (χ3n) is 2.77. The molecule has 1 aromatic heterocycles. The van der Waals surface area contributed by atoms with Crippen LogP contribution >= 0.6 is 0 Å². The number of carbonyl (C=O) groups is 1. The predicted molar refractivity (Wildman–Crippen MR) is 70.0 cm³/mol. The second kappa shape index (κ2) is 6.84. The van der Waals surface area contributed by atoms with Crippen molar-refractivity contribution in [2.45, 2.75) is 18.4 Å². The Kier molecular flexibility index (Phi) is 5.69. The lowest BCUT2D eigenvalue weighted by molar-refractivity contribution is 0.0685. The number of hydrogen-bond acceptors (Lipinski definition) is 5. The lowest BCUT2D eigenvalue weighted by Crippen LogP contribution is -2.35. The number of carboxylic acids is 1. The van der Waals surface area contributed by atoms with Crippen LogP contribution in [0.25, 0.3) is 0 Å². The number of aromatic nitrogens is 1. The summed E-state index contributed by atoms with van der Waals surface area (Å²) in [5.74, 6) is -1.22. The number of aryl methyl sites for hydroxylation is 1. The van der Waals surface area contributed by atoms with Gasteiger partial charge < -0.3 is 19.9 Å². The summed E-state index contributed by atoms with van der Waals surface area (Å²) in [6.45, 7) is 0.906. The van der Waals surface area contributed by atoms with Crippen LogP contribution in [0.3, 0.4) is 0 Å². The van der Waals surface area contributed by atoms with Crippen molar-refractivity contribution in [1.82, 2.24) is 8.87 Å². The van der Waals surface area contributed by atoms with Gasteiger partial charge in [0.25, 0.3) is 0 Å². The molecule has 0 saturated heterocycles. The van der Waals surface area contributed by atoms with E-state index < -0.39 is 16.0 Å². The second-order valence-corrected chi connectivity index (χ2v) is 5.94. The molecule has 1 heterocycles. The molecule has 0 aliphatic carbocycles. The highest BCUT2D eigenvalue weighted by Gasteiger charge is 2.27. The average Bonchev–Trinajstić information content (AvgIpc) is 2.83. The Morgan fingerprint density at radius 1 is 1.30 bits per heavy atom. The van der Waals surface area contributed by atoms with E-state index in [-0.39, 0.29) is 36.9 Å². The van der Waals surface area contributed by atoms with E-state index in [0.29, 0.717) is 6.54 Å². The number of aliphatic hydroxyl groups is 2. The van der Waals surface area contributed by atoms with Crippen molar-refractivity contribution in [3.8, 4) is 0 Å². The van der Waals surface area contributed by atoms with Crippen LogP contribution in [0.5, 0.6) is 0 Å². The van der Waals surface area contributed by atoms with Crippen molar-refractivity contribution in [3.63, 3.8) is 0 Å². The second-order valence-electron chi connectivity index (χ2n) is 4.00. The molecule has 0 saturated carbocycles. The number of carboxylic acid groups (broad SMARTS) is 1. The zero-order valence-electron chi connectivity index (χ0n) is 11.1. The van der Waals surface area contributed by atoms with Gasteiger partial charge >= 0.3 is 5.97 Å². The molecule has 0 amide bonds. The minimum atomic E-state index is -3.94. The van der Waals surface area contributed by atoms with Gasteiger partial charge in [-0.3, -0.25) is 0 Å². The smallest absolute Gasteiger partial charge is 0.352 e. The maximum Gasteiger partial charge on any atom is 0.352 e. The Bertz CT molecular complexity index is 559. The highest BCUT2D eigenvalue weighted by atomic mass is 32.2. The summed E-state index contributed by atoms with van der Waals surface area (Å²) in [6.07, 6.45) is 1.24. The van der Waals surface area contributed by atoms with Crippen LogP contribution in [-0.4, -0.2) is 64.9 Å². The van der Waals surface area contributed by atoms with Gasteiger partial charge in [-0.05, 0) is 13.0 Å². The number of nitrogens with zero attached hydrogens (tertiary/aromatic N) is 2. The van der Waals surface area contributed by atoms with E-state index in [0.717, 1.165) is 10.4 Å². The summed E-state index contributed by atoms with van der Waals surface area (Å²) in [6, 6.07) is 1.07. The summed E-state index contributed by atoms with van der Waals surface area (Å²) in [5.41, 5.74) is -0.126. The van der Waals surface area contributed by atoms with Crippen molar-refractivity contribution in [1.29, 1.82) is 0 Å². The molecule has 9 heteroatoms. The van der Waals surface area contributed by atoms with E-state index >= 15 is 0 Å². The van der Waals surface area contributed by atoms with E-state index in [1.54, 1.807) is 6.92 Å². The number of aliphatic hydroxyl groups excluding tert-OH is 2. The van der Waals surface area contributed by atoms with E-state index in [9.17, 15) is 13.2 Å². The summed E-state index contributed by atoms with van der Waals surface area (Å²) in [5, 5.41) is 26.8. The van der Waals surface area contributed by atoms with Gasteiger partial charge in [0, 0.05) is 25.8 Å². The van der Waals surface area contributed by atoms with Crippen LogP contribution < -0.4 is 0 Å². The van der Waals surface area contributed by atoms with E-state index in [1.807, 2.05) is 0 Å². The van der Waals surface area contributed by atoms with E-state index in [2.05, 4.69) is 0 Å². The lowest BCUT2D eigenvalue weighted by atomic mass is 10.4. The predicted octanol–water partition coefficient (Wildman–Crippen LogP) is -0.818. The van der Waals surface area contributed by atoms with Gasteiger partial charge in [-0.2, -0.15) is 4.31 Å². The van der Waals surface area contributed by atoms with Crippen molar-refractivity contribution in [2.24, 2.45) is 0 Å². The first-order valence-electron chi connectivity index (χ1n) is 6.03. The number of hydrogen-bond donors (Lipinski definition) is 3. The van der Waals surface area contributed by atoms with E-state index in [4.69, 9.17) is 15.3 Å². The Hall–Kier alpha value is -1.42. The van der Waals surface area contributed by atoms with Crippen LogP contribution in [0.1, 0.15) is 17.4 Å². The summed E-state index contributed by atoms with van der Waals surface area (Å²) >= 11 is 0. The minimum absolute atomic E-state index is 0.126. The third kappa shape index (κ3) is 3.37. The van der Waals surface area contributed by atoms with Crippen molar-refractivity contribution in [2.75, 3.05) is 26.3 Å². The highest BCUT2D eigenvalue weighted by Crippen LogP contribution is 2.19. The Morgan fingerprint density at radius 2 is 1.85 bits per heavy atom. The lowest BCUT2D eigenvalue weighted by Gasteiger charge is -2.19. The minimum Gasteiger partial charge on any atom is -0.477 e. The number of sulfonamides is 1. The standard InChI is InChI=1S/C11H18N2O6S/c1-2-12-8-9(7-10(12)11(16)17)20(18,19)13(3-5-14)4-6-15/h7-8,14-15H,2-6H2,1H3,(H,16,17). The first kappa shape index (κ1) is 16.6. The topological polar surface area (TPSA) is 120 Å². The highest BCUT2D eigenvalue weighted by molar-refractivity contribution is 7.89. The SMILES string of the molecule is CCn1cc(S(=O)(=O)N(CCO)CCO)cc1C(=O)O. The van der Waals surface area contributed by atoms with Gasteiger partial charge in [-0.1, -0.05) is 0 Å².